The van der Waals surface area contributed by atoms with Gasteiger partial charge in [0.2, 0.25) is 0 Å². The Bertz CT molecular complexity index is 104. The molecule has 0 heterocycles. The number of alkyl carbamates (subject to hydrolysis) is 1. The highest BCUT2D eigenvalue weighted by molar-refractivity contribution is 5.66. The molecule has 0 saturated carbocycles. The van der Waals surface area contributed by atoms with Gasteiger partial charge in [0, 0.05) is 13.6 Å². The molecule has 0 aromatic rings. The lowest BCUT2D eigenvalue weighted by Gasteiger charge is -2.08. The molecule has 0 aliphatic heterocycles. The second kappa shape index (κ2) is 5.05. The molecule has 0 bridgehead atoms. The van der Waals surface area contributed by atoms with Crippen molar-refractivity contribution in [3.63, 3.8) is 0 Å². The van der Waals surface area contributed by atoms with E-state index in [0.717, 1.165) is 6.54 Å². The van der Waals surface area contributed by atoms with Gasteiger partial charge in [-0.15, -0.1) is 0 Å². The molecular weight excluding hydrogens is 132 g/mol. The molecule has 0 spiro atoms. The van der Waals surface area contributed by atoms with Crippen molar-refractivity contribution < 1.29 is 9.53 Å². The van der Waals surface area contributed by atoms with Gasteiger partial charge in [-0.2, -0.15) is 0 Å². The molecule has 0 aromatic carbocycles. The monoisotopic (exact) mass is 146 g/mol. The Morgan fingerprint density at radius 2 is 2.20 bits per heavy atom. The molecule has 4 nitrogen and oxygen atoms in total. The second-order valence-electron chi connectivity index (χ2n) is 2.19. The topological polar surface area (TPSA) is 41.6 Å². The molecule has 0 unspecified atom stereocenters. The molecule has 0 radical (unpaired) electrons. The molecule has 0 saturated heterocycles. The SMILES string of the molecule is CNC(=O)OCCN(C)C. The van der Waals surface area contributed by atoms with Crippen LogP contribution < -0.4 is 5.32 Å². The minimum Gasteiger partial charge on any atom is -0.448 e. The van der Waals surface area contributed by atoms with Gasteiger partial charge >= 0.3 is 6.09 Å². The number of carbonyl (C=O) groups is 1. The third-order valence-electron chi connectivity index (χ3n) is 0.976. The summed E-state index contributed by atoms with van der Waals surface area (Å²) >= 11 is 0. The van der Waals surface area contributed by atoms with Gasteiger partial charge in [0.15, 0.2) is 0 Å². The second-order valence-corrected chi connectivity index (χ2v) is 2.19. The average molecular weight is 146 g/mol. The molecule has 0 aliphatic carbocycles. The summed E-state index contributed by atoms with van der Waals surface area (Å²) in [5.74, 6) is 0. The van der Waals surface area contributed by atoms with Crippen LogP contribution in [0.25, 0.3) is 0 Å². The fourth-order valence-electron chi connectivity index (χ4n) is 0.393. The van der Waals surface area contributed by atoms with Crippen LogP contribution in [0.2, 0.25) is 0 Å². The lowest BCUT2D eigenvalue weighted by molar-refractivity contribution is 0.139. The van der Waals surface area contributed by atoms with E-state index in [1.807, 2.05) is 19.0 Å². The van der Waals surface area contributed by atoms with Crippen LogP contribution in [0.1, 0.15) is 0 Å². The van der Waals surface area contributed by atoms with E-state index in [-0.39, 0.29) is 6.09 Å². The maximum atomic E-state index is 10.4. The quantitative estimate of drug-likeness (QED) is 0.604. The van der Waals surface area contributed by atoms with Gasteiger partial charge in [0.05, 0.1) is 0 Å². The Morgan fingerprint density at radius 3 is 2.60 bits per heavy atom. The van der Waals surface area contributed by atoms with Crippen molar-refractivity contribution in [1.82, 2.24) is 10.2 Å². The molecule has 4 heteroatoms. The highest BCUT2D eigenvalue weighted by Gasteiger charge is 1.96. The molecule has 0 fully saturated rings. The summed E-state index contributed by atoms with van der Waals surface area (Å²) in [6, 6.07) is 0. The number of carbonyl (C=O) groups excluding carboxylic acids is 1. The molecule has 0 atom stereocenters. The zero-order chi connectivity index (χ0) is 7.98. The third-order valence-corrected chi connectivity index (χ3v) is 0.976. The van der Waals surface area contributed by atoms with E-state index in [9.17, 15) is 4.79 Å². The van der Waals surface area contributed by atoms with Gasteiger partial charge in [-0.05, 0) is 14.1 Å². The van der Waals surface area contributed by atoms with E-state index in [0.29, 0.717) is 6.61 Å². The van der Waals surface area contributed by atoms with Crippen LogP contribution in [0.15, 0.2) is 0 Å². The minimum atomic E-state index is -0.373. The van der Waals surface area contributed by atoms with Crippen molar-refractivity contribution in [2.24, 2.45) is 0 Å². The summed E-state index contributed by atoms with van der Waals surface area (Å²) in [4.78, 5) is 12.4. The standard InChI is InChI=1S/C6H14N2O2/c1-7-6(9)10-5-4-8(2)3/h4-5H2,1-3H3,(H,7,9). The Balaban J connectivity index is 3.12. The van der Waals surface area contributed by atoms with Crippen LogP contribution in [-0.4, -0.2) is 45.3 Å². The first-order valence-electron chi connectivity index (χ1n) is 3.16. The van der Waals surface area contributed by atoms with E-state index in [4.69, 9.17) is 4.74 Å². The highest BCUT2D eigenvalue weighted by Crippen LogP contribution is 1.78. The van der Waals surface area contributed by atoms with Crippen LogP contribution in [0.4, 0.5) is 4.79 Å². The molecule has 0 aliphatic rings. The summed E-state index contributed by atoms with van der Waals surface area (Å²) < 4.78 is 4.71. The number of amides is 1. The van der Waals surface area contributed by atoms with Crippen LogP contribution in [0, 0.1) is 0 Å². The van der Waals surface area contributed by atoms with Crippen LogP contribution in [0.3, 0.4) is 0 Å². The van der Waals surface area contributed by atoms with Crippen LogP contribution in [0.5, 0.6) is 0 Å². The van der Waals surface area contributed by atoms with E-state index >= 15 is 0 Å². The van der Waals surface area contributed by atoms with Crippen molar-refractivity contribution in [2.45, 2.75) is 0 Å². The molecule has 10 heavy (non-hydrogen) atoms. The number of ether oxygens (including phenoxy) is 1. The smallest absolute Gasteiger partial charge is 0.406 e. The van der Waals surface area contributed by atoms with E-state index in [1.165, 1.54) is 7.05 Å². The molecule has 0 rings (SSSR count). The summed E-state index contributed by atoms with van der Waals surface area (Å²) in [5.41, 5.74) is 0. The normalized spacial score (nSPS) is 9.60. The lowest BCUT2D eigenvalue weighted by atomic mass is 10.6. The Morgan fingerprint density at radius 1 is 1.60 bits per heavy atom. The average Bonchev–Trinajstić information content (AvgIpc) is 1.87. The first-order valence-corrected chi connectivity index (χ1v) is 3.16. The summed E-state index contributed by atoms with van der Waals surface area (Å²) in [5, 5.41) is 2.36. The minimum absolute atomic E-state index is 0.373. The largest absolute Gasteiger partial charge is 0.448 e. The van der Waals surface area contributed by atoms with Gasteiger partial charge < -0.3 is 15.0 Å². The number of likely N-dealkylation sites (N-methyl/N-ethyl adjacent to an activating group) is 1. The predicted molar refractivity (Wildman–Crippen MR) is 39.0 cm³/mol. The van der Waals surface area contributed by atoms with E-state index < -0.39 is 0 Å². The van der Waals surface area contributed by atoms with E-state index in [1.54, 1.807) is 0 Å². The summed E-state index contributed by atoms with van der Waals surface area (Å²) in [7, 11) is 5.39. The molecule has 1 N–H and O–H groups in total. The van der Waals surface area contributed by atoms with Crippen LogP contribution in [-0.2, 0) is 4.74 Å². The fourth-order valence-corrected chi connectivity index (χ4v) is 0.393. The zero-order valence-electron chi connectivity index (χ0n) is 6.68. The molecular formula is C6H14N2O2. The third kappa shape index (κ3) is 5.37. The molecule has 1 amide bonds. The summed E-state index contributed by atoms with van der Waals surface area (Å²) in [6.07, 6.45) is -0.373. The van der Waals surface area contributed by atoms with Crippen molar-refractivity contribution in [3.05, 3.63) is 0 Å². The van der Waals surface area contributed by atoms with Gasteiger partial charge in [-0.3, -0.25) is 0 Å². The number of hydrogen-bond acceptors (Lipinski definition) is 3. The number of rotatable bonds is 3. The van der Waals surface area contributed by atoms with Gasteiger partial charge in [0.1, 0.15) is 6.61 Å². The van der Waals surface area contributed by atoms with Gasteiger partial charge in [-0.25, -0.2) is 4.79 Å². The molecule has 60 valence electrons. The number of nitrogens with zero attached hydrogens (tertiary/aromatic N) is 1. The Hall–Kier alpha value is -0.770. The first-order chi connectivity index (χ1) is 4.66. The Kier molecular flexibility index (Phi) is 4.66. The van der Waals surface area contributed by atoms with Gasteiger partial charge in [-0.1, -0.05) is 0 Å². The first kappa shape index (κ1) is 9.23. The highest BCUT2D eigenvalue weighted by atomic mass is 16.5. The maximum absolute atomic E-state index is 10.4. The number of hydrogen-bond donors (Lipinski definition) is 1. The van der Waals surface area contributed by atoms with E-state index in [2.05, 4.69) is 5.32 Å². The van der Waals surface area contributed by atoms with Crippen molar-refractivity contribution in [2.75, 3.05) is 34.3 Å². The van der Waals surface area contributed by atoms with Crippen molar-refractivity contribution >= 4 is 6.09 Å². The van der Waals surface area contributed by atoms with Crippen LogP contribution >= 0.6 is 0 Å². The van der Waals surface area contributed by atoms with Crippen molar-refractivity contribution in [1.29, 1.82) is 0 Å². The molecule has 0 aromatic heterocycles. The maximum Gasteiger partial charge on any atom is 0.406 e. The summed E-state index contributed by atoms with van der Waals surface area (Å²) in [6.45, 7) is 1.19. The van der Waals surface area contributed by atoms with Crippen molar-refractivity contribution in [3.8, 4) is 0 Å². The number of nitrogens with one attached hydrogen (secondary N) is 1. The predicted octanol–water partition coefficient (Wildman–Crippen LogP) is -0.0960. The fraction of sp³-hybridized carbons (Fsp3) is 0.833. The Labute approximate surface area is 61.1 Å². The zero-order valence-corrected chi connectivity index (χ0v) is 6.68. The lowest BCUT2D eigenvalue weighted by Crippen LogP contribution is -2.24. The van der Waals surface area contributed by atoms with Gasteiger partial charge in [0.25, 0.3) is 0 Å².